The standard InChI is InChI=1S/C16H16ClFN2O2/c17-13-3-6-15(22-10-16(19)21)12(7-13)9-20-8-11-1-4-14(18)5-2-11/h1-7,20H,8-10H2,(H2,19,21). The number of hydrogen-bond acceptors (Lipinski definition) is 3. The van der Waals surface area contributed by atoms with E-state index in [-0.39, 0.29) is 12.4 Å². The third kappa shape index (κ3) is 5.02. The lowest BCUT2D eigenvalue weighted by Crippen LogP contribution is -2.21. The van der Waals surface area contributed by atoms with Crippen LogP contribution in [0.4, 0.5) is 4.39 Å². The van der Waals surface area contributed by atoms with E-state index in [4.69, 9.17) is 22.1 Å². The summed E-state index contributed by atoms with van der Waals surface area (Å²) < 4.78 is 18.2. The Hall–Kier alpha value is -2.11. The average molecular weight is 323 g/mol. The quantitative estimate of drug-likeness (QED) is 0.823. The first-order valence-corrected chi connectivity index (χ1v) is 7.07. The normalized spacial score (nSPS) is 10.5. The third-order valence-corrected chi connectivity index (χ3v) is 3.19. The first-order chi connectivity index (χ1) is 10.5. The lowest BCUT2D eigenvalue weighted by molar-refractivity contribution is -0.119. The van der Waals surface area contributed by atoms with E-state index in [0.717, 1.165) is 11.1 Å². The van der Waals surface area contributed by atoms with Gasteiger partial charge in [-0.05, 0) is 35.9 Å². The molecule has 3 N–H and O–H groups in total. The summed E-state index contributed by atoms with van der Waals surface area (Å²) in [4.78, 5) is 10.8. The molecular weight excluding hydrogens is 307 g/mol. The highest BCUT2D eigenvalue weighted by Gasteiger charge is 2.06. The van der Waals surface area contributed by atoms with Crippen molar-refractivity contribution in [3.63, 3.8) is 0 Å². The second-order valence-electron chi connectivity index (χ2n) is 4.74. The number of hydrogen-bond donors (Lipinski definition) is 2. The number of primary amides is 1. The minimum absolute atomic E-state index is 0.188. The zero-order chi connectivity index (χ0) is 15.9. The molecule has 0 saturated carbocycles. The van der Waals surface area contributed by atoms with Gasteiger partial charge in [0.25, 0.3) is 5.91 Å². The minimum atomic E-state index is -0.542. The Morgan fingerprint density at radius 2 is 1.91 bits per heavy atom. The van der Waals surface area contributed by atoms with Crippen molar-refractivity contribution in [1.82, 2.24) is 5.32 Å². The molecule has 0 atom stereocenters. The molecule has 0 unspecified atom stereocenters. The maximum absolute atomic E-state index is 12.8. The molecule has 0 aromatic heterocycles. The lowest BCUT2D eigenvalue weighted by atomic mass is 10.2. The summed E-state index contributed by atoms with van der Waals surface area (Å²) in [5, 5.41) is 3.79. The molecule has 2 rings (SSSR count). The van der Waals surface area contributed by atoms with Crippen LogP contribution in [-0.4, -0.2) is 12.5 Å². The van der Waals surface area contributed by atoms with Gasteiger partial charge in [0.15, 0.2) is 6.61 Å². The van der Waals surface area contributed by atoms with E-state index in [1.807, 2.05) is 0 Å². The lowest BCUT2D eigenvalue weighted by Gasteiger charge is -2.12. The monoisotopic (exact) mass is 322 g/mol. The van der Waals surface area contributed by atoms with Crippen LogP contribution in [0.25, 0.3) is 0 Å². The van der Waals surface area contributed by atoms with E-state index in [0.29, 0.717) is 23.9 Å². The molecule has 4 nitrogen and oxygen atoms in total. The van der Waals surface area contributed by atoms with E-state index < -0.39 is 5.91 Å². The van der Waals surface area contributed by atoms with Crippen LogP contribution in [0.3, 0.4) is 0 Å². The molecule has 0 aliphatic heterocycles. The molecular formula is C16H16ClFN2O2. The second kappa shape index (κ2) is 7.77. The maximum atomic E-state index is 12.8. The van der Waals surface area contributed by atoms with Gasteiger partial charge in [0.1, 0.15) is 11.6 Å². The first-order valence-electron chi connectivity index (χ1n) is 6.69. The van der Waals surface area contributed by atoms with Crippen LogP contribution in [0.15, 0.2) is 42.5 Å². The molecule has 0 spiro atoms. The summed E-state index contributed by atoms with van der Waals surface area (Å²) in [6, 6.07) is 11.4. The molecule has 1 amide bonds. The van der Waals surface area contributed by atoms with Crippen molar-refractivity contribution < 1.29 is 13.9 Å². The van der Waals surface area contributed by atoms with E-state index in [1.165, 1.54) is 12.1 Å². The maximum Gasteiger partial charge on any atom is 0.255 e. The number of carbonyl (C=O) groups excluding carboxylic acids is 1. The van der Waals surface area contributed by atoms with Crippen LogP contribution in [0, 0.1) is 5.82 Å². The highest BCUT2D eigenvalue weighted by molar-refractivity contribution is 6.30. The number of nitrogens with two attached hydrogens (primary N) is 1. The van der Waals surface area contributed by atoms with Gasteiger partial charge in [0.05, 0.1) is 0 Å². The Balaban J connectivity index is 1.97. The fourth-order valence-corrected chi connectivity index (χ4v) is 2.11. The van der Waals surface area contributed by atoms with E-state index in [9.17, 15) is 9.18 Å². The Labute approximate surface area is 133 Å². The van der Waals surface area contributed by atoms with Crippen molar-refractivity contribution in [3.05, 3.63) is 64.4 Å². The molecule has 0 fully saturated rings. The first kappa shape index (κ1) is 16.3. The SMILES string of the molecule is NC(=O)COc1ccc(Cl)cc1CNCc1ccc(F)cc1. The second-order valence-corrected chi connectivity index (χ2v) is 5.17. The van der Waals surface area contributed by atoms with Gasteiger partial charge in [-0.1, -0.05) is 23.7 Å². The van der Waals surface area contributed by atoms with Gasteiger partial charge in [-0.25, -0.2) is 4.39 Å². The molecule has 116 valence electrons. The summed E-state index contributed by atoms with van der Waals surface area (Å²) in [5.41, 5.74) is 6.85. The zero-order valence-corrected chi connectivity index (χ0v) is 12.6. The summed E-state index contributed by atoms with van der Waals surface area (Å²) in [6.45, 7) is 0.876. The summed E-state index contributed by atoms with van der Waals surface area (Å²) in [6.07, 6.45) is 0. The van der Waals surface area contributed by atoms with E-state index in [1.54, 1.807) is 30.3 Å². The Morgan fingerprint density at radius 1 is 1.18 bits per heavy atom. The number of ether oxygens (including phenoxy) is 1. The average Bonchev–Trinajstić information content (AvgIpc) is 2.48. The van der Waals surface area contributed by atoms with Crippen molar-refractivity contribution in [2.24, 2.45) is 5.73 Å². The molecule has 0 bridgehead atoms. The highest BCUT2D eigenvalue weighted by atomic mass is 35.5. The fraction of sp³-hybridized carbons (Fsp3) is 0.188. The predicted octanol–water partition coefficient (Wildman–Crippen LogP) is 2.63. The van der Waals surface area contributed by atoms with E-state index in [2.05, 4.69) is 5.32 Å². The third-order valence-electron chi connectivity index (χ3n) is 2.95. The number of nitrogens with one attached hydrogen (secondary N) is 1. The van der Waals surface area contributed by atoms with Gasteiger partial charge in [0, 0.05) is 23.7 Å². The Bertz CT molecular complexity index is 647. The largest absolute Gasteiger partial charge is 0.483 e. The van der Waals surface area contributed by atoms with Crippen molar-refractivity contribution in [3.8, 4) is 5.75 Å². The highest BCUT2D eigenvalue weighted by Crippen LogP contribution is 2.23. The van der Waals surface area contributed by atoms with Gasteiger partial charge in [-0.15, -0.1) is 0 Å². The number of benzene rings is 2. The van der Waals surface area contributed by atoms with Crippen LogP contribution < -0.4 is 15.8 Å². The predicted molar refractivity (Wildman–Crippen MR) is 83.1 cm³/mol. The van der Waals surface area contributed by atoms with Crippen LogP contribution in [0.2, 0.25) is 5.02 Å². The summed E-state index contributed by atoms with van der Waals surface area (Å²) in [5.74, 6) is -0.254. The van der Waals surface area contributed by atoms with Crippen molar-refractivity contribution in [2.45, 2.75) is 13.1 Å². The molecule has 6 heteroatoms. The van der Waals surface area contributed by atoms with Crippen LogP contribution in [0.5, 0.6) is 5.75 Å². The molecule has 0 aliphatic rings. The Kier molecular flexibility index (Phi) is 5.75. The minimum Gasteiger partial charge on any atom is -0.483 e. The molecule has 0 radical (unpaired) electrons. The van der Waals surface area contributed by atoms with E-state index >= 15 is 0 Å². The van der Waals surface area contributed by atoms with Crippen LogP contribution >= 0.6 is 11.6 Å². The zero-order valence-electron chi connectivity index (χ0n) is 11.8. The number of rotatable bonds is 7. The smallest absolute Gasteiger partial charge is 0.255 e. The van der Waals surface area contributed by atoms with Gasteiger partial charge in [0.2, 0.25) is 0 Å². The summed E-state index contributed by atoms with van der Waals surface area (Å²) in [7, 11) is 0. The molecule has 2 aromatic carbocycles. The van der Waals surface area contributed by atoms with Crippen molar-refractivity contribution in [2.75, 3.05) is 6.61 Å². The van der Waals surface area contributed by atoms with Gasteiger partial charge in [-0.3, -0.25) is 4.79 Å². The molecule has 0 aliphatic carbocycles. The van der Waals surface area contributed by atoms with Gasteiger partial charge >= 0.3 is 0 Å². The topological polar surface area (TPSA) is 64.4 Å². The number of amides is 1. The number of carbonyl (C=O) groups is 1. The molecule has 2 aromatic rings. The molecule has 0 heterocycles. The fourth-order valence-electron chi connectivity index (χ4n) is 1.92. The van der Waals surface area contributed by atoms with Gasteiger partial charge < -0.3 is 15.8 Å². The van der Waals surface area contributed by atoms with Crippen LogP contribution in [0.1, 0.15) is 11.1 Å². The van der Waals surface area contributed by atoms with Crippen LogP contribution in [-0.2, 0) is 17.9 Å². The number of halogens is 2. The van der Waals surface area contributed by atoms with Crippen molar-refractivity contribution in [1.29, 1.82) is 0 Å². The molecule has 0 saturated heterocycles. The molecule has 22 heavy (non-hydrogen) atoms. The van der Waals surface area contributed by atoms with Gasteiger partial charge in [-0.2, -0.15) is 0 Å². The Morgan fingerprint density at radius 3 is 2.59 bits per heavy atom. The summed E-state index contributed by atoms with van der Waals surface area (Å²) >= 11 is 5.98. The van der Waals surface area contributed by atoms with Crippen molar-refractivity contribution >= 4 is 17.5 Å².